The molecule has 1 saturated carbocycles. The quantitative estimate of drug-likeness (QED) is 0.793. The van der Waals surface area contributed by atoms with Gasteiger partial charge in [-0.3, -0.25) is 0 Å². The van der Waals surface area contributed by atoms with E-state index in [9.17, 15) is 0 Å². The van der Waals surface area contributed by atoms with Crippen LogP contribution < -0.4 is 10.6 Å². The van der Waals surface area contributed by atoms with Crippen molar-refractivity contribution in [3.63, 3.8) is 0 Å². The molecule has 1 aliphatic heterocycles. The molecule has 0 spiro atoms. The Hall–Kier alpha value is -0.830. The summed E-state index contributed by atoms with van der Waals surface area (Å²) in [5.41, 5.74) is 7.94. The first-order chi connectivity index (χ1) is 7.34. The maximum Gasteiger partial charge on any atom is 0.0473 e. The Bertz CT molecular complexity index is 341. The molecular weight excluding hydrogens is 204 g/mol. The van der Waals surface area contributed by atoms with Gasteiger partial charge in [0, 0.05) is 35.0 Å². The molecule has 0 atom stereocenters. The average Bonchev–Trinajstić information content (AvgIpc) is 2.96. The maximum atomic E-state index is 5.72. The Morgan fingerprint density at radius 3 is 2.20 bits per heavy atom. The number of hydrogen-bond acceptors (Lipinski definition) is 3. The largest absolute Gasteiger partial charge is 0.399 e. The molecule has 1 aliphatic carbocycles. The Labute approximate surface area is 94.8 Å². The van der Waals surface area contributed by atoms with Crippen molar-refractivity contribution in [2.24, 2.45) is 0 Å². The summed E-state index contributed by atoms with van der Waals surface area (Å²) in [7, 11) is 0. The standard InChI is InChI=1S/C12H16N2S/c13-9-1-3-10(4-2-9)14(11-5-6-11)12-7-15-8-12/h1-4,11-12H,5-8,13H2. The van der Waals surface area contributed by atoms with Gasteiger partial charge in [0.15, 0.2) is 0 Å². The lowest BCUT2D eigenvalue weighted by Crippen LogP contribution is -2.45. The molecule has 2 nitrogen and oxygen atoms in total. The first kappa shape index (κ1) is 9.40. The highest BCUT2D eigenvalue weighted by atomic mass is 32.2. The fourth-order valence-corrected chi connectivity index (χ4v) is 2.87. The zero-order valence-electron chi connectivity index (χ0n) is 8.73. The molecular formula is C12H16N2S. The zero-order chi connectivity index (χ0) is 10.3. The Morgan fingerprint density at radius 2 is 1.73 bits per heavy atom. The van der Waals surface area contributed by atoms with Crippen LogP contribution in [0.25, 0.3) is 0 Å². The fraction of sp³-hybridized carbons (Fsp3) is 0.500. The van der Waals surface area contributed by atoms with Crippen LogP contribution in [0.15, 0.2) is 24.3 Å². The van der Waals surface area contributed by atoms with E-state index in [-0.39, 0.29) is 0 Å². The lowest BCUT2D eigenvalue weighted by molar-refractivity contribution is 0.672. The molecule has 0 aromatic heterocycles. The van der Waals surface area contributed by atoms with Crippen LogP contribution in [0, 0.1) is 0 Å². The molecule has 0 unspecified atom stereocenters. The highest BCUT2D eigenvalue weighted by Gasteiger charge is 2.36. The van der Waals surface area contributed by atoms with Crippen LogP contribution in [0.2, 0.25) is 0 Å². The maximum absolute atomic E-state index is 5.72. The highest BCUT2D eigenvalue weighted by molar-refractivity contribution is 8.00. The van der Waals surface area contributed by atoms with Crippen molar-refractivity contribution in [2.45, 2.75) is 24.9 Å². The second-order valence-electron chi connectivity index (χ2n) is 4.42. The zero-order valence-corrected chi connectivity index (χ0v) is 9.54. The van der Waals surface area contributed by atoms with Gasteiger partial charge in [0.1, 0.15) is 0 Å². The van der Waals surface area contributed by atoms with E-state index < -0.39 is 0 Å². The number of hydrogen-bond donors (Lipinski definition) is 1. The van der Waals surface area contributed by atoms with Gasteiger partial charge in [-0.2, -0.15) is 11.8 Å². The minimum Gasteiger partial charge on any atom is -0.399 e. The van der Waals surface area contributed by atoms with Crippen molar-refractivity contribution >= 4 is 23.1 Å². The monoisotopic (exact) mass is 220 g/mol. The SMILES string of the molecule is Nc1ccc(N(C2CC2)C2CSC2)cc1. The summed E-state index contributed by atoms with van der Waals surface area (Å²) in [6.07, 6.45) is 2.73. The van der Waals surface area contributed by atoms with Gasteiger partial charge >= 0.3 is 0 Å². The van der Waals surface area contributed by atoms with Crippen LogP contribution in [0.1, 0.15) is 12.8 Å². The molecule has 1 saturated heterocycles. The smallest absolute Gasteiger partial charge is 0.0473 e. The van der Waals surface area contributed by atoms with Crippen molar-refractivity contribution in [3.05, 3.63) is 24.3 Å². The van der Waals surface area contributed by atoms with Crippen LogP contribution in [0.4, 0.5) is 11.4 Å². The summed E-state index contributed by atoms with van der Waals surface area (Å²) in [5, 5.41) is 0. The molecule has 2 fully saturated rings. The third kappa shape index (κ3) is 1.81. The second-order valence-corrected chi connectivity index (χ2v) is 5.50. The molecule has 1 aromatic carbocycles. The Morgan fingerprint density at radius 1 is 1.07 bits per heavy atom. The van der Waals surface area contributed by atoms with Crippen LogP contribution in [-0.2, 0) is 0 Å². The number of nitrogen functional groups attached to an aromatic ring is 1. The molecule has 15 heavy (non-hydrogen) atoms. The van der Waals surface area contributed by atoms with E-state index in [1.807, 2.05) is 12.1 Å². The van der Waals surface area contributed by atoms with Crippen molar-refractivity contribution < 1.29 is 0 Å². The minimum atomic E-state index is 0.770. The number of nitrogens with two attached hydrogens (primary N) is 1. The third-order valence-corrected chi connectivity index (χ3v) is 4.39. The van der Waals surface area contributed by atoms with Crippen LogP contribution >= 0.6 is 11.8 Å². The average molecular weight is 220 g/mol. The summed E-state index contributed by atoms with van der Waals surface area (Å²) in [4.78, 5) is 2.61. The molecule has 0 bridgehead atoms. The van der Waals surface area contributed by atoms with Crippen molar-refractivity contribution in [1.82, 2.24) is 0 Å². The van der Waals surface area contributed by atoms with Gasteiger partial charge in [-0.25, -0.2) is 0 Å². The summed E-state index contributed by atoms with van der Waals surface area (Å²) in [5.74, 6) is 2.59. The van der Waals surface area contributed by atoms with Gasteiger partial charge in [-0.15, -0.1) is 0 Å². The van der Waals surface area contributed by atoms with Gasteiger partial charge in [0.2, 0.25) is 0 Å². The lowest BCUT2D eigenvalue weighted by atomic mass is 10.2. The number of thioether (sulfide) groups is 1. The van der Waals surface area contributed by atoms with Crippen LogP contribution in [0.5, 0.6) is 0 Å². The molecule has 80 valence electrons. The minimum absolute atomic E-state index is 0.770. The summed E-state index contributed by atoms with van der Waals surface area (Å²) in [6.45, 7) is 0. The van der Waals surface area contributed by atoms with E-state index in [1.165, 1.54) is 30.0 Å². The van der Waals surface area contributed by atoms with E-state index >= 15 is 0 Å². The topological polar surface area (TPSA) is 29.3 Å². The second kappa shape index (κ2) is 3.63. The van der Waals surface area contributed by atoms with Crippen molar-refractivity contribution in [1.29, 1.82) is 0 Å². The van der Waals surface area contributed by atoms with Crippen molar-refractivity contribution in [3.8, 4) is 0 Å². The van der Waals surface area contributed by atoms with Crippen LogP contribution in [-0.4, -0.2) is 23.6 Å². The number of anilines is 2. The predicted molar refractivity (Wildman–Crippen MR) is 67.5 cm³/mol. The Balaban J connectivity index is 1.84. The molecule has 2 N–H and O–H groups in total. The number of rotatable bonds is 3. The first-order valence-electron chi connectivity index (χ1n) is 5.56. The van der Waals surface area contributed by atoms with Gasteiger partial charge < -0.3 is 10.6 Å². The number of nitrogens with zero attached hydrogens (tertiary/aromatic N) is 1. The van der Waals surface area contributed by atoms with Gasteiger partial charge in [0.05, 0.1) is 0 Å². The highest BCUT2D eigenvalue weighted by Crippen LogP contribution is 2.38. The van der Waals surface area contributed by atoms with E-state index in [2.05, 4.69) is 28.8 Å². The van der Waals surface area contributed by atoms with Gasteiger partial charge in [-0.1, -0.05) is 0 Å². The number of benzene rings is 1. The molecule has 0 radical (unpaired) electrons. The summed E-state index contributed by atoms with van der Waals surface area (Å²) < 4.78 is 0. The van der Waals surface area contributed by atoms with E-state index in [0.29, 0.717) is 0 Å². The molecule has 3 rings (SSSR count). The summed E-state index contributed by atoms with van der Waals surface area (Å²) >= 11 is 2.05. The predicted octanol–water partition coefficient (Wildman–Crippen LogP) is 2.35. The molecule has 1 heterocycles. The van der Waals surface area contributed by atoms with E-state index in [1.54, 1.807) is 0 Å². The van der Waals surface area contributed by atoms with Crippen molar-refractivity contribution in [2.75, 3.05) is 22.1 Å². The molecule has 3 heteroatoms. The van der Waals surface area contributed by atoms with E-state index in [0.717, 1.165) is 17.8 Å². The summed E-state index contributed by atoms with van der Waals surface area (Å²) in [6, 6.07) is 9.92. The third-order valence-electron chi connectivity index (χ3n) is 3.15. The lowest BCUT2D eigenvalue weighted by Gasteiger charge is -2.39. The molecule has 0 amide bonds. The van der Waals surface area contributed by atoms with Gasteiger partial charge in [-0.05, 0) is 37.1 Å². The van der Waals surface area contributed by atoms with Gasteiger partial charge in [0.25, 0.3) is 0 Å². The Kier molecular flexibility index (Phi) is 2.28. The normalized spacial score (nSPS) is 21.1. The fourth-order valence-electron chi connectivity index (χ4n) is 2.10. The van der Waals surface area contributed by atoms with E-state index in [4.69, 9.17) is 5.73 Å². The first-order valence-corrected chi connectivity index (χ1v) is 6.72. The molecule has 1 aromatic rings. The van der Waals surface area contributed by atoms with Crippen LogP contribution in [0.3, 0.4) is 0 Å². The molecule has 2 aliphatic rings.